The molecule has 0 bridgehead atoms. The lowest BCUT2D eigenvalue weighted by molar-refractivity contribution is -0.137. The van der Waals surface area contributed by atoms with E-state index in [4.69, 9.17) is 4.74 Å². The van der Waals surface area contributed by atoms with E-state index in [-0.39, 0.29) is 49.2 Å². The lowest BCUT2D eigenvalue weighted by atomic mass is 10.1. The minimum atomic E-state index is -4.75. The number of fused-ring (bicyclic) bond motifs is 1. The summed E-state index contributed by atoms with van der Waals surface area (Å²) in [4.78, 5) is 32.9. The first-order valence-corrected chi connectivity index (χ1v) is 12.1. The summed E-state index contributed by atoms with van der Waals surface area (Å²) in [5.74, 6) is -1.09. The monoisotopic (exact) mass is 541 g/mol. The second kappa shape index (κ2) is 10.4. The third-order valence-electron chi connectivity index (χ3n) is 6.45. The van der Waals surface area contributed by atoms with E-state index in [1.54, 1.807) is 6.92 Å². The Morgan fingerprint density at radius 2 is 1.77 bits per heavy atom. The summed E-state index contributed by atoms with van der Waals surface area (Å²) in [7, 11) is 0. The van der Waals surface area contributed by atoms with Crippen LogP contribution in [0, 0.1) is 5.82 Å². The van der Waals surface area contributed by atoms with Gasteiger partial charge in [-0.2, -0.15) is 18.3 Å². The van der Waals surface area contributed by atoms with Gasteiger partial charge in [-0.25, -0.2) is 18.7 Å². The van der Waals surface area contributed by atoms with Crippen molar-refractivity contribution in [2.75, 3.05) is 19.6 Å². The second-order valence-corrected chi connectivity index (χ2v) is 9.17. The summed E-state index contributed by atoms with van der Waals surface area (Å²) in [6.07, 6.45) is -3.99. The summed E-state index contributed by atoms with van der Waals surface area (Å²) >= 11 is 0. The predicted octanol–water partition coefficient (Wildman–Crippen LogP) is 5.04. The molecule has 1 fully saturated rings. The predicted molar refractivity (Wildman–Crippen MR) is 132 cm³/mol. The molecule has 1 atom stereocenters. The fraction of sp³-hybridized carbons (Fsp3) is 0.259. The number of aromatic nitrogens is 3. The van der Waals surface area contributed by atoms with Crippen LogP contribution in [0.5, 0.6) is 0 Å². The summed E-state index contributed by atoms with van der Waals surface area (Å²) < 4.78 is 61.3. The molecular formula is C27H23F4N5O3. The van der Waals surface area contributed by atoms with Crippen LogP contribution in [0.2, 0.25) is 0 Å². The van der Waals surface area contributed by atoms with Crippen molar-refractivity contribution in [1.29, 1.82) is 0 Å². The Labute approximate surface area is 220 Å². The van der Waals surface area contributed by atoms with Crippen molar-refractivity contribution in [3.8, 4) is 11.3 Å². The molecule has 0 unspecified atom stereocenters. The van der Waals surface area contributed by atoms with Gasteiger partial charge in [-0.05, 0) is 42.8 Å². The minimum absolute atomic E-state index is 0.0660. The highest BCUT2D eigenvalue weighted by Crippen LogP contribution is 2.36. The molecule has 4 aromatic rings. The van der Waals surface area contributed by atoms with Crippen molar-refractivity contribution in [1.82, 2.24) is 24.4 Å². The Morgan fingerprint density at radius 1 is 1.05 bits per heavy atom. The lowest BCUT2D eigenvalue weighted by Gasteiger charge is -2.38. The number of ether oxygens (including phenoxy) is 1. The van der Waals surface area contributed by atoms with Crippen LogP contribution in [0.1, 0.15) is 28.5 Å². The molecule has 1 aliphatic heterocycles. The number of benzene rings is 2. The van der Waals surface area contributed by atoms with Crippen LogP contribution >= 0.6 is 0 Å². The average molecular weight is 542 g/mol. The highest BCUT2D eigenvalue weighted by Gasteiger charge is 2.36. The molecule has 202 valence electrons. The normalized spacial score (nSPS) is 16.0. The van der Waals surface area contributed by atoms with Crippen LogP contribution in [0.4, 0.5) is 22.4 Å². The third-order valence-corrected chi connectivity index (χ3v) is 6.45. The molecule has 2 aromatic heterocycles. The number of hydrogen-bond acceptors (Lipinski definition) is 5. The maximum absolute atomic E-state index is 13.8. The number of alkyl halides is 3. The molecule has 1 aliphatic rings. The lowest BCUT2D eigenvalue weighted by Crippen LogP contribution is -2.55. The number of imidazole rings is 1. The number of carbonyl (C=O) groups is 2. The van der Waals surface area contributed by atoms with Crippen LogP contribution in [0.3, 0.4) is 0 Å². The highest BCUT2D eigenvalue weighted by molar-refractivity contribution is 5.93. The molecule has 39 heavy (non-hydrogen) atoms. The second-order valence-electron chi connectivity index (χ2n) is 9.17. The number of halogens is 4. The molecule has 8 nitrogen and oxygen atoms in total. The van der Waals surface area contributed by atoms with Crippen molar-refractivity contribution < 1.29 is 31.9 Å². The molecule has 0 aliphatic carbocycles. The van der Waals surface area contributed by atoms with Crippen molar-refractivity contribution in [3.63, 3.8) is 0 Å². The van der Waals surface area contributed by atoms with E-state index in [1.807, 2.05) is 30.3 Å². The van der Waals surface area contributed by atoms with Gasteiger partial charge in [-0.3, -0.25) is 4.79 Å². The number of rotatable bonds is 4. The van der Waals surface area contributed by atoms with Gasteiger partial charge >= 0.3 is 12.3 Å². The largest absolute Gasteiger partial charge is 0.445 e. The van der Waals surface area contributed by atoms with E-state index < -0.39 is 35.3 Å². The molecule has 12 heteroatoms. The molecule has 0 N–H and O–H groups in total. The van der Waals surface area contributed by atoms with Crippen LogP contribution in [-0.2, 0) is 17.5 Å². The SMILES string of the molecule is C[C@H]1CN(C(=O)c2cn3nc(-c4ccc(F)cc4)c(C(F)(F)F)cc3n2)CCN1C(=O)OCc1ccccc1. The first-order chi connectivity index (χ1) is 18.6. The van der Waals surface area contributed by atoms with E-state index in [0.717, 1.165) is 28.3 Å². The maximum atomic E-state index is 13.8. The van der Waals surface area contributed by atoms with Crippen LogP contribution < -0.4 is 0 Å². The van der Waals surface area contributed by atoms with Crippen molar-refractivity contribution in [3.05, 3.63) is 89.5 Å². The Hall–Kier alpha value is -4.48. The van der Waals surface area contributed by atoms with Gasteiger partial charge in [0.2, 0.25) is 0 Å². The maximum Gasteiger partial charge on any atom is 0.418 e. The number of piperazine rings is 1. The van der Waals surface area contributed by atoms with Gasteiger partial charge in [0.15, 0.2) is 5.65 Å². The van der Waals surface area contributed by atoms with Gasteiger partial charge in [0.1, 0.15) is 23.8 Å². The molecule has 0 spiro atoms. The topological polar surface area (TPSA) is 80.0 Å². The smallest absolute Gasteiger partial charge is 0.418 e. The van der Waals surface area contributed by atoms with Gasteiger partial charge in [0.25, 0.3) is 5.91 Å². The van der Waals surface area contributed by atoms with Gasteiger partial charge in [0.05, 0.1) is 11.8 Å². The first-order valence-electron chi connectivity index (χ1n) is 12.1. The zero-order valence-corrected chi connectivity index (χ0v) is 20.7. The highest BCUT2D eigenvalue weighted by atomic mass is 19.4. The van der Waals surface area contributed by atoms with Gasteiger partial charge in [0, 0.05) is 31.2 Å². The van der Waals surface area contributed by atoms with Crippen LogP contribution in [0.15, 0.2) is 66.9 Å². The number of nitrogens with zero attached hydrogens (tertiary/aromatic N) is 5. The van der Waals surface area contributed by atoms with E-state index >= 15 is 0 Å². The zero-order valence-electron chi connectivity index (χ0n) is 20.7. The molecule has 3 heterocycles. The van der Waals surface area contributed by atoms with Crippen molar-refractivity contribution in [2.24, 2.45) is 0 Å². The Balaban J connectivity index is 1.32. The van der Waals surface area contributed by atoms with Gasteiger partial charge in [-0.1, -0.05) is 30.3 Å². The van der Waals surface area contributed by atoms with Gasteiger partial charge in [-0.15, -0.1) is 0 Å². The standard InChI is InChI=1S/C27H23F4N5O3/c1-17-14-34(11-12-35(17)26(38)39-16-18-5-3-2-4-6-18)25(37)22-15-36-23(32-22)13-21(27(29,30)31)24(33-36)19-7-9-20(28)10-8-19/h2-10,13,15,17H,11-12,14,16H2,1H3/t17-/m0/s1. The molecule has 5 rings (SSSR count). The number of amides is 2. The van der Waals surface area contributed by atoms with E-state index in [1.165, 1.54) is 28.1 Å². The fourth-order valence-corrected chi connectivity index (χ4v) is 4.44. The molecule has 1 saturated heterocycles. The van der Waals surface area contributed by atoms with E-state index in [0.29, 0.717) is 0 Å². The van der Waals surface area contributed by atoms with Crippen LogP contribution in [-0.4, -0.2) is 62.1 Å². The molecule has 0 saturated carbocycles. The first kappa shape index (κ1) is 26.1. The summed E-state index contributed by atoms with van der Waals surface area (Å²) in [5.41, 5.74) is -0.794. The summed E-state index contributed by atoms with van der Waals surface area (Å²) in [6.45, 7) is 2.51. The number of hydrogen-bond donors (Lipinski definition) is 0. The minimum Gasteiger partial charge on any atom is -0.445 e. The Morgan fingerprint density at radius 3 is 2.44 bits per heavy atom. The Bertz CT molecular complexity index is 1510. The van der Waals surface area contributed by atoms with Gasteiger partial charge < -0.3 is 14.5 Å². The Kier molecular flexibility index (Phi) is 6.94. The zero-order chi connectivity index (χ0) is 27.7. The average Bonchev–Trinajstić information content (AvgIpc) is 3.34. The van der Waals surface area contributed by atoms with Crippen LogP contribution in [0.25, 0.3) is 16.9 Å². The fourth-order valence-electron chi connectivity index (χ4n) is 4.44. The molecule has 0 radical (unpaired) electrons. The molecule has 2 amide bonds. The molecule has 2 aromatic carbocycles. The summed E-state index contributed by atoms with van der Waals surface area (Å²) in [5, 5.41) is 4.06. The van der Waals surface area contributed by atoms with Crippen molar-refractivity contribution >= 4 is 17.6 Å². The molecular weight excluding hydrogens is 518 g/mol. The van der Waals surface area contributed by atoms with E-state index in [9.17, 15) is 27.2 Å². The quantitative estimate of drug-likeness (QED) is 0.339. The summed E-state index contributed by atoms with van der Waals surface area (Å²) in [6, 6.07) is 14.2. The number of carbonyl (C=O) groups excluding carboxylic acids is 2. The van der Waals surface area contributed by atoms with E-state index in [2.05, 4.69) is 10.1 Å². The van der Waals surface area contributed by atoms with Crippen molar-refractivity contribution in [2.45, 2.75) is 25.7 Å². The third kappa shape index (κ3) is 5.54.